The lowest BCUT2D eigenvalue weighted by Crippen LogP contribution is -2.37. The van der Waals surface area contributed by atoms with Crippen LogP contribution in [0, 0.1) is 0 Å². The number of para-hydroxylation sites is 1. The molecule has 1 heterocycles. The standard InChI is InChI=1S/C15H10ClNO3/c16-10-5-1-2-6-11(10)20-12-7-3-4-9-8-13(18)17-15(19)14(9)12/h1-7H,8H2,(H,17,18,19). The van der Waals surface area contributed by atoms with Gasteiger partial charge in [-0.1, -0.05) is 35.9 Å². The summed E-state index contributed by atoms with van der Waals surface area (Å²) in [6.45, 7) is 0. The van der Waals surface area contributed by atoms with Crippen LogP contribution in [-0.2, 0) is 11.2 Å². The first-order valence-corrected chi connectivity index (χ1v) is 6.41. The smallest absolute Gasteiger partial charge is 0.261 e. The molecule has 2 amide bonds. The summed E-state index contributed by atoms with van der Waals surface area (Å²) in [5, 5.41) is 2.74. The van der Waals surface area contributed by atoms with Gasteiger partial charge in [0.05, 0.1) is 17.0 Å². The molecule has 0 bridgehead atoms. The Kier molecular flexibility index (Phi) is 3.16. The van der Waals surface area contributed by atoms with E-state index < -0.39 is 5.91 Å². The number of benzene rings is 2. The summed E-state index contributed by atoms with van der Waals surface area (Å²) in [6, 6.07) is 12.2. The number of hydrogen-bond donors (Lipinski definition) is 1. The van der Waals surface area contributed by atoms with Crippen LogP contribution in [0.15, 0.2) is 42.5 Å². The number of carbonyl (C=O) groups excluding carboxylic acids is 2. The molecule has 1 aliphatic rings. The number of halogens is 1. The van der Waals surface area contributed by atoms with Crippen LogP contribution in [0.3, 0.4) is 0 Å². The van der Waals surface area contributed by atoms with Gasteiger partial charge in [-0.25, -0.2) is 0 Å². The van der Waals surface area contributed by atoms with E-state index in [2.05, 4.69) is 5.32 Å². The predicted molar refractivity (Wildman–Crippen MR) is 74.1 cm³/mol. The zero-order chi connectivity index (χ0) is 14.1. The van der Waals surface area contributed by atoms with Crippen LogP contribution in [-0.4, -0.2) is 11.8 Å². The summed E-state index contributed by atoms with van der Waals surface area (Å²) in [5.74, 6) is 0.101. The Morgan fingerprint density at radius 2 is 1.75 bits per heavy atom. The van der Waals surface area contributed by atoms with Gasteiger partial charge < -0.3 is 4.74 Å². The monoisotopic (exact) mass is 287 g/mol. The fourth-order valence-electron chi connectivity index (χ4n) is 2.12. The van der Waals surface area contributed by atoms with E-state index in [0.29, 0.717) is 27.6 Å². The number of nitrogens with one attached hydrogen (secondary N) is 1. The van der Waals surface area contributed by atoms with Crippen molar-refractivity contribution in [2.24, 2.45) is 0 Å². The number of ether oxygens (including phenoxy) is 1. The molecule has 1 N–H and O–H groups in total. The summed E-state index contributed by atoms with van der Waals surface area (Å²) >= 11 is 6.04. The summed E-state index contributed by atoms with van der Waals surface area (Å²) in [5.41, 5.74) is 1.04. The Morgan fingerprint density at radius 1 is 1.00 bits per heavy atom. The van der Waals surface area contributed by atoms with E-state index in [0.717, 1.165) is 0 Å². The summed E-state index contributed by atoms with van der Waals surface area (Å²) in [4.78, 5) is 23.3. The third kappa shape index (κ3) is 2.26. The number of rotatable bonds is 2. The third-order valence-electron chi connectivity index (χ3n) is 3.00. The molecule has 3 rings (SSSR count). The zero-order valence-corrected chi connectivity index (χ0v) is 11.1. The van der Waals surface area contributed by atoms with Crippen LogP contribution >= 0.6 is 11.6 Å². The van der Waals surface area contributed by atoms with Crippen LogP contribution in [0.2, 0.25) is 5.02 Å². The van der Waals surface area contributed by atoms with Crippen molar-refractivity contribution < 1.29 is 14.3 Å². The van der Waals surface area contributed by atoms with Gasteiger partial charge in [0.25, 0.3) is 5.91 Å². The molecule has 0 saturated carbocycles. The Labute approximate surface area is 120 Å². The number of carbonyl (C=O) groups is 2. The van der Waals surface area contributed by atoms with E-state index in [1.807, 2.05) is 0 Å². The van der Waals surface area contributed by atoms with Crippen molar-refractivity contribution in [3.63, 3.8) is 0 Å². The minimum Gasteiger partial charge on any atom is -0.455 e. The topological polar surface area (TPSA) is 55.4 Å². The molecule has 20 heavy (non-hydrogen) atoms. The maximum absolute atomic E-state index is 11.9. The number of fused-ring (bicyclic) bond motifs is 1. The zero-order valence-electron chi connectivity index (χ0n) is 10.4. The lowest BCUT2D eigenvalue weighted by Gasteiger charge is -2.18. The quantitative estimate of drug-likeness (QED) is 0.864. The molecule has 0 spiro atoms. The molecule has 2 aromatic rings. The Hall–Kier alpha value is -2.33. The number of hydrogen-bond acceptors (Lipinski definition) is 3. The van der Waals surface area contributed by atoms with E-state index in [1.165, 1.54) is 0 Å². The van der Waals surface area contributed by atoms with Crippen molar-refractivity contribution in [2.45, 2.75) is 6.42 Å². The van der Waals surface area contributed by atoms with Crippen LogP contribution in [0.5, 0.6) is 11.5 Å². The highest BCUT2D eigenvalue weighted by atomic mass is 35.5. The highest BCUT2D eigenvalue weighted by molar-refractivity contribution is 6.32. The Bertz CT molecular complexity index is 712. The minimum atomic E-state index is -0.445. The molecule has 0 atom stereocenters. The van der Waals surface area contributed by atoms with Gasteiger partial charge in [-0.2, -0.15) is 0 Å². The molecular formula is C15H10ClNO3. The minimum absolute atomic E-state index is 0.167. The maximum atomic E-state index is 11.9. The lowest BCUT2D eigenvalue weighted by atomic mass is 9.99. The fourth-order valence-corrected chi connectivity index (χ4v) is 2.29. The van der Waals surface area contributed by atoms with Gasteiger partial charge in [-0.05, 0) is 23.8 Å². The van der Waals surface area contributed by atoms with Crippen molar-refractivity contribution in [1.29, 1.82) is 0 Å². The largest absolute Gasteiger partial charge is 0.455 e. The van der Waals surface area contributed by atoms with Crippen LogP contribution < -0.4 is 10.1 Å². The molecule has 1 aliphatic heterocycles. The number of amides is 2. The third-order valence-corrected chi connectivity index (χ3v) is 3.31. The fraction of sp³-hybridized carbons (Fsp3) is 0.0667. The van der Waals surface area contributed by atoms with E-state index in [1.54, 1.807) is 42.5 Å². The van der Waals surface area contributed by atoms with Crippen molar-refractivity contribution in [3.8, 4) is 11.5 Å². The second-order valence-electron chi connectivity index (χ2n) is 4.38. The molecule has 0 aromatic heterocycles. The lowest BCUT2D eigenvalue weighted by molar-refractivity contribution is -0.119. The molecule has 0 unspecified atom stereocenters. The Balaban J connectivity index is 2.04. The van der Waals surface area contributed by atoms with E-state index in [-0.39, 0.29) is 12.3 Å². The summed E-state index contributed by atoms with van der Waals surface area (Å²) < 4.78 is 5.71. The first kappa shape index (κ1) is 12.7. The first-order valence-electron chi connectivity index (χ1n) is 6.03. The average molecular weight is 288 g/mol. The molecule has 4 nitrogen and oxygen atoms in total. The summed E-state index contributed by atoms with van der Waals surface area (Å²) in [6.07, 6.45) is 0.167. The molecule has 0 saturated heterocycles. The second-order valence-corrected chi connectivity index (χ2v) is 4.78. The normalized spacial score (nSPS) is 13.7. The van der Waals surface area contributed by atoms with Gasteiger partial charge in [0.15, 0.2) is 0 Å². The molecule has 0 radical (unpaired) electrons. The van der Waals surface area contributed by atoms with E-state index >= 15 is 0 Å². The summed E-state index contributed by atoms with van der Waals surface area (Å²) in [7, 11) is 0. The molecule has 2 aromatic carbocycles. The van der Waals surface area contributed by atoms with E-state index in [4.69, 9.17) is 16.3 Å². The highest BCUT2D eigenvalue weighted by Crippen LogP contribution is 2.33. The van der Waals surface area contributed by atoms with Gasteiger partial charge in [0.2, 0.25) is 5.91 Å². The van der Waals surface area contributed by atoms with Crippen LogP contribution in [0.25, 0.3) is 0 Å². The van der Waals surface area contributed by atoms with Gasteiger partial charge >= 0.3 is 0 Å². The Morgan fingerprint density at radius 3 is 2.55 bits per heavy atom. The highest BCUT2D eigenvalue weighted by Gasteiger charge is 2.26. The first-order chi connectivity index (χ1) is 9.65. The average Bonchev–Trinajstić information content (AvgIpc) is 2.41. The molecule has 5 heteroatoms. The van der Waals surface area contributed by atoms with Crippen molar-refractivity contribution in [2.75, 3.05) is 0 Å². The van der Waals surface area contributed by atoms with Gasteiger partial charge in [-0.3, -0.25) is 14.9 Å². The van der Waals surface area contributed by atoms with Gasteiger partial charge in [0.1, 0.15) is 11.5 Å². The van der Waals surface area contributed by atoms with Crippen molar-refractivity contribution in [3.05, 3.63) is 58.6 Å². The molecule has 0 fully saturated rings. The SMILES string of the molecule is O=C1Cc2cccc(Oc3ccccc3Cl)c2C(=O)N1. The van der Waals surface area contributed by atoms with Gasteiger partial charge in [-0.15, -0.1) is 0 Å². The van der Waals surface area contributed by atoms with Gasteiger partial charge in [0, 0.05) is 0 Å². The predicted octanol–water partition coefficient (Wildman–Crippen LogP) is 2.94. The van der Waals surface area contributed by atoms with Crippen molar-refractivity contribution in [1.82, 2.24) is 5.32 Å². The molecule has 0 aliphatic carbocycles. The van der Waals surface area contributed by atoms with Crippen LogP contribution in [0.4, 0.5) is 0 Å². The van der Waals surface area contributed by atoms with E-state index in [9.17, 15) is 9.59 Å². The van der Waals surface area contributed by atoms with Crippen LogP contribution in [0.1, 0.15) is 15.9 Å². The maximum Gasteiger partial charge on any atom is 0.261 e. The molecular weight excluding hydrogens is 278 g/mol. The molecule has 100 valence electrons. The van der Waals surface area contributed by atoms with Crippen molar-refractivity contribution >= 4 is 23.4 Å². The number of imide groups is 1. The second kappa shape index (κ2) is 4.98.